The molecule has 1 atom stereocenters. The van der Waals surface area contributed by atoms with Gasteiger partial charge in [0.05, 0.1) is 10.4 Å². The summed E-state index contributed by atoms with van der Waals surface area (Å²) in [5, 5.41) is 3.01. The molecule has 3 nitrogen and oxygen atoms in total. The molecule has 0 radical (unpaired) electrons. The van der Waals surface area contributed by atoms with Crippen LogP contribution in [0.3, 0.4) is 0 Å². The Hall–Kier alpha value is -1.46. The minimum absolute atomic E-state index is 0.0134. The van der Waals surface area contributed by atoms with Crippen molar-refractivity contribution >= 4 is 11.3 Å². The Labute approximate surface area is 110 Å². The van der Waals surface area contributed by atoms with Crippen LogP contribution in [0.2, 0.25) is 0 Å². The molecule has 96 valence electrons. The number of hydrogen-bond acceptors (Lipinski definition) is 4. The average molecular weight is 266 g/mol. The molecular formula is C13H15FN2OS. The normalized spacial score (nSPS) is 12.4. The first-order chi connectivity index (χ1) is 8.70. The summed E-state index contributed by atoms with van der Waals surface area (Å²) < 4.78 is 19.3. The summed E-state index contributed by atoms with van der Waals surface area (Å²) in [5.41, 5.74) is 2.39. The van der Waals surface area contributed by atoms with E-state index in [0.717, 1.165) is 4.88 Å². The van der Waals surface area contributed by atoms with Crippen LogP contribution < -0.4 is 10.1 Å². The highest BCUT2D eigenvalue weighted by Crippen LogP contribution is 2.22. The van der Waals surface area contributed by atoms with Crippen molar-refractivity contribution in [1.82, 2.24) is 10.3 Å². The molecule has 1 N–H and O–H groups in total. The van der Waals surface area contributed by atoms with Crippen molar-refractivity contribution in [2.45, 2.75) is 19.6 Å². The van der Waals surface area contributed by atoms with Gasteiger partial charge >= 0.3 is 0 Å². The Balaban J connectivity index is 2.04. The van der Waals surface area contributed by atoms with Crippen LogP contribution in [0.5, 0.6) is 5.75 Å². The summed E-state index contributed by atoms with van der Waals surface area (Å²) in [4.78, 5) is 4.97. The molecule has 0 spiro atoms. The maximum absolute atomic E-state index is 13.8. The quantitative estimate of drug-likeness (QED) is 0.902. The molecule has 5 heteroatoms. The molecule has 0 bridgehead atoms. The van der Waals surface area contributed by atoms with E-state index in [9.17, 15) is 4.39 Å². The third-order valence-corrected chi connectivity index (χ3v) is 3.49. The number of hydrogen-bond donors (Lipinski definition) is 1. The largest absolute Gasteiger partial charge is 0.488 e. The van der Waals surface area contributed by atoms with Crippen LogP contribution in [0.4, 0.5) is 4.39 Å². The summed E-state index contributed by atoms with van der Waals surface area (Å²) in [5.74, 6) is 0.284. The van der Waals surface area contributed by atoms with Gasteiger partial charge in [-0.05, 0) is 20.0 Å². The second kappa shape index (κ2) is 5.93. The van der Waals surface area contributed by atoms with Gasteiger partial charge in [-0.15, -0.1) is 11.3 Å². The number of aromatic nitrogens is 1. The Bertz CT molecular complexity index is 502. The van der Waals surface area contributed by atoms with E-state index >= 15 is 0 Å². The number of rotatable bonds is 5. The lowest BCUT2D eigenvalue weighted by Gasteiger charge is -2.13. The van der Waals surface area contributed by atoms with Crippen LogP contribution in [-0.4, -0.2) is 12.0 Å². The molecule has 18 heavy (non-hydrogen) atoms. The number of thiazole rings is 1. The standard InChI is InChI=1S/C13H15FN2OS/c1-9(15-2)12-4-3-10(5-13(12)14)17-7-11-6-16-8-18-11/h3-6,8-9,15H,7H2,1-2H3. The van der Waals surface area contributed by atoms with Gasteiger partial charge in [-0.1, -0.05) is 6.07 Å². The van der Waals surface area contributed by atoms with Crippen LogP contribution in [0.15, 0.2) is 29.9 Å². The molecule has 0 amide bonds. The molecule has 1 aromatic heterocycles. The maximum Gasteiger partial charge on any atom is 0.131 e. The molecule has 0 aliphatic heterocycles. The van der Waals surface area contributed by atoms with Crippen LogP contribution in [-0.2, 0) is 6.61 Å². The van der Waals surface area contributed by atoms with Gasteiger partial charge in [-0.25, -0.2) is 4.39 Å². The topological polar surface area (TPSA) is 34.1 Å². The molecule has 0 aliphatic rings. The predicted octanol–water partition coefficient (Wildman–Crippen LogP) is 3.14. The van der Waals surface area contributed by atoms with Gasteiger partial charge < -0.3 is 10.1 Å². The SMILES string of the molecule is CNC(C)c1ccc(OCc2cncs2)cc1F. The average Bonchev–Trinajstić information content (AvgIpc) is 2.88. The lowest BCUT2D eigenvalue weighted by Crippen LogP contribution is -2.13. The second-order valence-electron chi connectivity index (χ2n) is 3.95. The zero-order valence-electron chi connectivity index (χ0n) is 10.3. The number of ether oxygens (including phenoxy) is 1. The highest BCUT2D eigenvalue weighted by molar-refractivity contribution is 7.09. The van der Waals surface area contributed by atoms with Gasteiger partial charge in [-0.3, -0.25) is 4.98 Å². The highest BCUT2D eigenvalue weighted by Gasteiger charge is 2.10. The fourth-order valence-corrected chi connectivity index (χ4v) is 2.08. The first kappa shape index (κ1) is 13.0. The minimum atomic E-state index is -0.251. The molecular weight excluding hydrogens is 251 g/mol. The second-order valence-corrected chi connectivity index (χ2v) is 4.92. The minimum Gasteiger partial charge on any atom is -0.488 e. The highest BCUT2D eigenvalue weighted by atomic mass is 32.1. The fraction of sp³-hybridized carbons (Fsp3) is 0.308. The molecule has 0 saturated heterocycles. The number of halogens is 1. The summed E-state index contributed by atoms with van der Waals surface area (Å²) >= 11 is 1.52. The van der Waals surface area contributed by atoms with Gasteiger partial charge in [0.2, 0.25) is 0 Å². The monoisotopic (exact) mass is 266 g/mol. The van der Waals surface area contributed by atoms with E-state index in [2.05, 4.69) is 10.3 Å². The molecule has 1 heterocycles. The van der Waals surface area contributed by atoms with Crippen molar-refractivity contribution < 1.29 is 9.13 Å². The number of nitrogens with zero attached hydrogens (tertiary/aromatic N) is 1. The van der Waals surface area contributed by atoms with Crippen LogP contribution in [0, 0.1) is 5.82 Å². The van der Waals surface area contributed by atoms with E-state index in [1.807, 2.05) is 6.92 Å². The first-order valence-electron chi connectivity index (χ1n) is 5.67. The van der Waals surface area contributed by atoms with Crippen molar-refractivity contribution in [3.63, 3.8) is 0 Å². The zero-order valence-corrected chi connectivity index (χ0v) is 11.1. The molecule has 0 saturated carbocycles. The maximum atomic E-state index is 13.8. The van der Waals surface area contributed by atoms with Crippen molar-refractivity contribution in [2.75, 3.05) is 7.05 Å². The van der Waals surface area contributed by atoms with Crippen LogP contribution in [0.25, 0.3) is 0 Å². The lowest BCUT2D eigenvalue weighted by molar-refractivity contribution is 0.307. The van der Waals surface area contributed by atoms with Gasteiger partial charge in [-0.2, -0.15) is 0 Å². The number of benzene rings is 1. The van der Waals surface area contributed by atoms with E-state index in [1.54, 1.807) is 30.9 Å². The van der Waals surface area contributed by atoms with Crippen molar-refractivity contribution in [2.24, 2.45) is 0 Å². The van der Waals surface area contributed by atoms with Crippen LogP contribution >= 0.6 is 11.3 Å². The Morgan fingerprint density at radius 1 is 1.50 bits per heavy atom. The zero-order chi connectivity index (χ0) is 13.0. The molecule has 0 aliphatic carbocycles. The van der Waals surface area contributed by atoms with E-state index in [-0.39, 0.29) is 11.9 Å². The van der Waals surface area contributed by atoms with Gasteiger partial charge in [0, 0.05) is 23.9 Å². The first-order valence-corrected chi connectivity index (χ1v) is 6.55. The summed E-state index contributed by atoms with van der Waals surface area (Å²) in [6.07, 6.45) is 1.75. The summed E-state index contributed by atoms with van der Waals surface area (Å²) in [6.45, 7) is 2.33. The van der Waals surface area contributed by atoms with E-state index in [0.29, 0.717) is 17.9 Å². The van der Waals surface area contributed by atoms with Gasteiger partial charge in [0.15, 0.2) is 0 Å². The smallest absolute Gasteiger partial charge is 0.131 e. The molecule has 1 aromatic carbocycles. The molecule has 0 fully saturated rings. The van der Waals surface area contributed by atoms with Gasteiger partial charge in [0.25, 0.3) is 0 Å². The third-order valence-electron chi connectivity index (χ3n) is 2.74. The van der Waals surface area contributed by atoms with Crippen molar-refractivity contribution in [3.8, 4) is 5.75 Å². The van der Waals surface area contributed by atoms with Crippen molar-refractivity contribution in [1.29, 1.82) is 0 Å². The van der Waals surface area contributed by atoms with E-state index in [1.165, 1.54) is 17.4 Å². The molecule has 1 unspecified atom stereocenters. The Morgan fingerprint density at radius 2 is 2.33 bits per heavy atom. The Kier molecular flexibility index (Phi) is 4.28. The molecule has 2 rings (SSSR count). The van der Waals surface area contributed by atoms with Crippen molar-refractivity contribution in [3.05, 3.63) is 46.2 Å². The summed E-state index contributed by atoms with van der Waals surface area (Å²) in [7, 11) is 1.80. The van der Waals surface area contributed by atoms with Gasteiger partial charge in [0.1, 0.15) is 18.2 Å². The lowest BCUT2D eigenvalue weighted by atomic mass is 10.1. The number of nitrogens with one attached hydrogen (secondary N) is 1. The van der Waals surface area contributed by atoms with Crippen LogP contribution in [0.1, 0.15) is 23.4 Å². The third kappa shape index (κ3) is 3.05. The Morgan fingerprint density at radius 3 is 2.94 bits per heavy atom. The molecule has 2 aromatic rings. The van der Waals surface area contributed by atoms with E-state index in [4.69, 9.17) is 4.74 Å². The summed E-state index contributed by atoms with van der Waals surface area (Å²) in [6, 6.07) is 4.94. The fourth-order valence-electron chi connectivity index (χ4n) is 1.57. The predicted molar refractivity (Wildman–Crippen MR) is 70.3 cm³/mol. The van der Waals surface area contributed by atoms with E-state index < -0.39 is 0 Å².